The number of carbonyl (C=O) groups excluding carboxylic acids is 1. The van der Waals surface area contributed by atoms with Crippen molar-refractivity contribution in [3.8, 4) is 0 Å². The lowest BCUT2D eigenvalue weighted by Gasteiger charge is -2.45. The van der Waals surface area contributed by atoms with Gasteiger partial charge in [-0.1, -0.05) is 12.8 Å². The van der Waals surface area contributed by atoms with Gasteiger partial charge in [-0.15, -0.1) is 0 Å². The van der Waals surface area contributed by atoms with E-state index in [1.165, 1.54) is 11.0 Å². The van der Waals surface area contributed by atoms with Gasteiger partial charge in [-0.05, 0) is 31.9 Å². The van der Waals surface area contributed by atoms with E-state index in [1.54, 1.807) is 18.3 Å². The highest BCUT2D eigenvalue weighted by molar-refractivity contribution is 5.98. The monoisotopic (exact) mass is 388 g/mol. The van der Waals surface area contributed by atoms with Gasteiger partial charge in [0, 0.05) is 25.3 Å². The van der Waals surface area contributed by atoms with Crippen LogP contribution in [-0.4, -0.2) is 40.6 Å². The van der Waals surface area contributed by atoms with E-state index in [0.29, 0.717) is 23.7 Å². The number of nitrogens with one attached hydrogen (secondary N) is 1. The Labute approximate surface area is 161 Å². The van der Waals surface area contributed by atoms with Crippen molar-refractivity contribution in [1.29, 1.82) is 0 Å². The molecular formula is C19H22F2N6O. The fraction of sp³-hybridized carbons (Fsp3) is 0.421. The van der Waals surface area contributed by atoms with Gasteiger partial charge in [-0.25, -0.2) is 23.6 Å². The molecule has 2 aliphatic rings. The molecule has 28 heavy (non-hydrogen) atoms. The molecule has 1 aliphatic heterocycles. The number of hydrogen-bond donors (Lipinski definition) is 1. The standard InChI is InChI=1S/C19H22F2N6O/c1-3-26-19(28)25(2)16-11-22-18(23-12-8-9-14(20)15(21)10-12)24-17(16)27(26)13-6-4-5-7-13/h8-11,13H,3-7H2,1-2H3,(H,22,23,24). The second-order valence-electron chi connectivity index (χ2n) is 7.00. The number of rotatable bonds is 4. The summed E-state index contributed by atoms with van der Waals surface area (Å²) in [6.45, 7) is 2.45. The number of benzene rings is 1. The third kappa shape index (κ3) is 3.10. The molecule has 2 aromatic rings. The summed E-state index contributed by atoms with van der Waals surface area (Å²) in [5, 5.41) is 6.59. The van der Waals surface area contributed by atoms with Gasteiger partial charge in [-0.3, -0.25) is 9.91 Å². The minimum atomic E-state index is -0.946. The first-order chi connectivity index (χ1) is 13.5. The van der Waals surface area contributed by atoms with Crippen molar-refractivity contribution < 1.29 is 13.6 Å². The summed E-state index contributed by atoms with van der Waals surface area (Å²) in [6, 6.07) is 3.60. The Morgan fingerprint density at radius 2 is 1.96 bits per heavy atom. The highest BCUT2D eigenvalue weighted by atomic mass is 19.2. The van der Waals surface area contributed by atoms with Crippen molar-refractivity contribution in [2.24, 2.45) is 0 Å². The van der Waals surface area contributed by atoms with Gasteiger partial charge in [0.25, 0.3) is 0 Å². The first-order valence-corrected chi connectivity index (χ1v) is 9.43. The normalized spacial score (nSPS) is 17.3. The first-order valence-electron chi connectivity index (χ1n) is 9.43. The summed E-state index contributed by atoms with van der Waals surface area (Å²) < 4.78 is 26.7. The maximum absolute atomic E-state index is 13.5. The van der Waals surface area contributed by atoms with Crippen LogP contribution in [0.1, 0.15) is 32.6 Å². The summed E-state index contributed by atoms with van der Waals surface area (Å²) in [5.41, 5.74) is 0.969. The van der Waals surface area contributed by atoms with Gasteiger partial charge in [0.1, 0.15) is 5.69 Å². The van der Waals surface area contributed by atoms with Crippen molar-refractivity contribution in [2.75, 3.05) is 28.8 Å². The number of halogens is 2. The number of carbonyl (C=O) groups is 1. The van der Waals surface area contributed by atoms with Crippen LogP contribution in [0.4, 0.5) is 36.7 Å². The van der Waals surface area contributed by atoms with Crippen LogP contribution >= 0.6 is 0 Å². The smallest absolute Gasteiger partial charge is 0.324 e. The Morgan fingerprint density at radius 1 is 1.21 bits per heavy atom. The Hall–Kier alpha value is -2.97. The number of amides is 2. The molecule has 0 atom stereocenters. The Kier molecular flexibility index (Phi) is 4.74. The number of anilines is 4. The van der Waals surface area contributed by atoms with E-state index >= 15 is 0 Å². The van der Waals surface area contributed by atoms with Crippen molar-refractivity contribution >= 4 is 29.2 Å². The van der Waals surface area contributed by atoms with E-state index in [1.807, 2.05) is 11.9 Å². The molecule has 1 aliphatic carbocycles. The number of hydrogen-bond acceptors (Lipinski definition) is 5. The summed E-state index contributed by atoms with van der Waals surface area (Å²) >= 11 is 0. The molecule has 0 radical (unpaired) electrons. The minimum absolute atomic E-state index is 0.119. The van der Waals surface area contributed by atoms with E-state index in [2.05, 4.69) is 15.3 Å². The fourth-order valence-electron chi connectivity index (χ4n) is 3.82. The van der Waals surface area contributed by atoms with Crippen molar-refractivity contribution in [3.05, 3.63) is 36.0 Å². The van der Waals surface area contributed by atoms with Crippen molar-refractivity contribution in [3.63, 3.8) is 0 Å². The molecule has 1 N–H and O–H groups in total. The highest BCUT2D eigenvalue weighted by Gasteiger charge is 2.39. The van der Waals surface area contributed by atoms with E-state index in [-0.39, 0.29) is 18.0 Å². The highest BCUT2D eigenvalue weighted by Crippen LogP contribution is 2.38. The van der Waals surface area contributed by atoms with E-state index in [9.17, 15) is 13.6 Å². The predicted octanol–water partition coefficient (Wildman–Crippen LogP) is 4.05. The van der Waals surface area contributed by atoms with E-state index < -0.39 is 11.6 Å². The lowest BCUT2D eigenvalue weighted by molar-refractivity contribution is 0.191. The molecule has 9 heteroatoms. The topological polar surface area (TPSA) is 64.6 Å². The van der Waals surface area contributed by atoms with E-state index in [4.69, 9.17) is 0 Å². The number of hydrazine groups is 1. The Bertz CT molecular complexity index is 902. The molecule has 7 nitrogen and oxygen atoms in total. The largest absolute Gasteiger partial charge is 0.343 e. The summed E-state index contributed by atoms with van der Waals surface area (Å²) in [6.07, 6.45) is 5.79. The number of urea groups is 1. The zero-order valence-electron chi connectivity index (χ0n) is 15.8. The van der Waals surface area contributed by atoms with Crippen LogP contribution in [0, 0.1) is 11.6 Å². The SMILES string of the molecule is CCN1C(=O)N(C)c2cnc(Nc3ccc(F)c(F)c3)nc2N1C1CCCC1. The van der Waals surface area contributed by atoms with Crippen LogP contribution in [0.2, 0.25) is 0 Å². The molecule has 1 fully saturated rings. The molecule has 1 saturated carbocycles. The van der Waals surface area contributed by atoms with Gasteiger partial charge in [0.2, 0.25) is 5.95 Å². The molecular weight excluding hydrogens is 366 g/mol. The molecule has 0 saturated heterocycles. The minimum Gasteiger partial charge on any atom is -0.324 e. The lowest BCUT2D eigenvalue weighted by atomic mass is 10.2. The lowest BCUT2D eigenvalue weighted by Crippen LogP contribution is -2.59. The van der Waals surface area contributed by atoms with Crippen molar-refractivity contribution in [1.82, 2.24) is 15.0 Å². The maximum atomic E-state index is 13.5. The number of nitrogens with zero attached hydrogens (tertiary/aromatic N) is 5. The van der Waals surface area contributed by atoms with Gasteiger partial charge in [0.15, 0.2) is 17.5 Å². The predicted molar refractivity (Wildman–Crippen MR) is 103 cm³/mol. The van der Waals surface area contributed by atoms with Gasteiger partial charge < -0.3 is 5.32 Å². The van der Waals surface area contributed by atoms with E-state index in [0.717, 1.165) is 37.8 Å². The molecule has 2 heterocycles. The van der Waals surface area contributed by atoms with Crippen molar-refractivity contribution in [2.45, 2.75) is 38.6 Å². The van der Waals surface area contributed by atoms with Gasteiger partial charge in [-0.2, -0.15) is 4.98 Å². The van der Waals surface area contributed by atoms with Crippen LogP contribution in [0.3, 0.4) is 0 Å². The Morgan fingerprint density at radius 3 is 2.64 bits per heavy atom. The van der Waals surface area contributed by atoms with Gasteiger partial charge >= 0.3 is 6.03 Å². The Balaban J connectivity index is 1.72. The van der Waals surface area contributed by atoms with Crippen LogP contribution in [0.15, 0.2) is 24.4 Å². The summed E-state index contributed by atoms with van der Waals surface area (Å²) in [7, 11) is 1.70. The average molecular weight is 388 g/mol. The zero-order valence-corrected chi connectivity index (χ0v) is 15.8. The molecule has 0 bridgehead atoms. The third-order valence-corrected chi connectivity index (χ3v) is 5.24. The van der Waals surface area contributed by atoms with Crippen LogP contribution in [0.5, 0.6) is 0 Å². The molecule has 148 valence electrons. The first kappa shape index (κ1) is 18.4. The summed E-state index contributed by atoms with van der Waals surface area (Å²) in [4.78, 5) is 23.2. The number of aromatic nitrogens is 2. The number of fused-ring (bicyclic) bond motifs is 1. The molecule has 1 aromatic carbocycles. The molecule has 4 rings (SSSR count). The zero-order chi connectivity index (χ0) is 19.8. The average Bonchev–Trinajstić information content (AvgIpc) is 3.21. The quantitative estimate of drug-likeness (QED) is 0.856. The molecule has 0 unspecified atom stereocenters. The van der Waals surface area contributed by atoms with Crippen LogP contribution < -0.4 is 15.2 Å². The second-order valence-corrected chi connectivity index (χ2v) is 7.00. The molecule has 1 aromatic heterocycles. The van der Waals surface area contributed by atoms with Crippen LogP contribution in [-0.2, 0) is 0 Å². The summed E-state index contributed by atoms with van der Waals surface area (Å²) in [5.74, 6) is -0.969. The second kappa shape index (κ2) is 7.21. The molecule has 2 amide bonds. The van der Waals surface area contributed by atoms with Crippen LogP contribution in [0.25, 0.3) is 0 Å². The van der Waals surface area contributed by atoms with Gasteiger partial charge in [0.05, 0.1) is 12.2 Å². The maximum Gasteiger partial charge on any atom is 0.343 e. The fourth-order valence-corrected chi connectivity index (χ4v) is 3.82. The molecule has 0 spiro atoms. The third-order valence-electron chi connectivity index (χ3n) is 5.24.